The number of carbonyl (C=O) groups excluding carboxylic acids is 3. The monoisotopic (exact) mass is 492 g/mol. The van der Waals surface area contributed by atoms with Crippen LogP contribution in [0.15, 0.2) is 0 Å². The van der Waals surface area contributed by atoms with E-state index in [0.717, 1.165) is 96.3 Å². The fourth-order valence-electron chi connectivity index (χ4n) is 8.67. The van der Waals surface area contributed by atoms with Crippen molar-refractivity contribution in [2.24, 2.45) is 17.8 Å². The number of rotatable bonds is 6. The van der Waals surface area contributed by atoms with Gasteiger partial charge in [-0.05, 0) is 114 Å². The second-order valence-corrected chi connectivity index (χ2v) is 13.0. The number of amides is 3. The predicted molar refractivity (Wildman–Crippen MR) is 130 cm³/mol. The molecule has 6 aliphatic carbocycles. The summed E-state index contributed by atoms with van der Waals surface area (Å²) < 4.78 is 0. The molecule has 9 nitrogen and oxygen atoms in total. The molecule has 6 bridgehead atoms. The van der Waals surface area contributed by atoms with Crippen LogP contribution in [0, 0.1) is 17.8 Å². The number of fused-ring (bicyclic) bond motifs is 6. The largest absolute Gasteiger partial charge is 0.344 e. The quantitative estimate of drug-likeness (QED) is 0.560. The lowest BCUT2D eigenvalue weighted by atomic mass is 9.93. The number of nitrogens with one attached hydrogen (secondary N) is 3. The van der Waals surface area contributed by atoms with Gasteiger partial charge in [-0.2, -0.15) is 15.0 Å². The summed E-state index contributed by atoms with van der Waals surface area (Å²) >= 11 is 0. The van der Waals surface area contributed by atoms with Gasteiger partial charge >= 0.3 is 0 Å². The summed E-state index contributed by atoms with van der Waals surface area (Å²) in [6.45, 7) is 0. The normalized spacial score (nSPS) is 39.5. The highest BCUT2D eigenvalue weighted by atomic mass is 16.2. The third-order valence-corrected chi connectivity index (χ3v) is 10.6. The second kappa shape index (κ2) is 7.96. The van der Waals surface area contributed by atoms with Crippen LogP contribution in [-0.4, -0.2) is 49.3 Å². The number of nitrogens with zero attached hydrogens (tertiary/aromatic N) is 3. The molecule has 0 spiro atoms. The maximum Gasteiger partial charge on any atom is 0.289 e. The van der Waals surface area contributed by atoms with Crippen molar-refractivity contribution in [3.05, 3.63) is 17.5 Å². The van der Waals surface area contributed by atoms with Gasteiger partial charge in [0.2, 0.25) is 17.5 Å². The van der Waals surface area contributed by atoms with E-state index in [1.807, 2.05) is 0 Å². The van der Waals surface area contributed by atoms with Crippen LogP contribution in [0.5, 0.6) is 0 Å². The van der Waals surface area contributed by atoms with Crippen LogP contribution in [0.1, 0.15) is 128 Å². The van der Waals surface area contributed by atoms with Gasteiger partial charge in [-0.25, -0.2) is 0 Å². The van der Waals surface area contributed by atoms with E-state index in [2.05, 4.69) is 30.9 Å². The molecule has 1 aromatic rings. The molecule has 36 heavy (non-hydrogen) atoms. The van der Waals surface area contributed by atoms with Crippen LogP contribution in [-0.2, 0) is 0 Å². The third-order valence-electron chi connectivity index (χ3n) is 10.6. The van der Waals surface area contributed by atoms with Gasteiger partial charge in [0, 0.05) is 16.6 Å². The van der Waals surface area contributed by atoms with Gasteiger partial charge in [0.1, 0.15) is 0 Å². The molecule has 0 radical (unpaired) electrons. The molecular formula is C27H36N6O3. The van der Waals surface area contributed by atoms with Gasteiger partial charge in [-0.15, -0.1) is 0 Å². The summed E-state index contributed by atoms with van der Waals surface area (Å²) in [5.74, 6) is 0.382. The second-order valence-electron chi connectivity index (χ2n) is 13.0. The Bertz CT molecular complexity index is 960. The number of hydrogen-bond donors (Lipinski definition) is 3. The van der Waals surface area contributed by atoms with E-state index in [1.165, 1.54) is 0 Å². The molecule has 192 valence electrons. The van der Waals surface area contributed by atoms with E-state index in [1.54, 1.807) is 0 Å². The van der Waals surface area contributed by atoms with Gasteiger partial charge in [0.05, 0.1) is 0 Å². The van der Waals surface area contributed by atoms with Crippen LogP contribution in [0.4, 0.5) is 0 Å². The Kier molecular flexibility index (Phi) is 5.00. The molecule has 0 aliphatic heterocycles. The molecule has 3 amide bonds. The van der Waals surface area contributed by atoms with Crippen molar-refractivity contribution in [2.45, 2.75) is 113 Å². The van der Waals surface area contributed by atoms with Crippen molar-refractivity contribution in [1.82, 2.24) is 30.9 Å². The topological polar surface area (TPSA) is 126 Å². The first kappa shape index (κ1) is 22.6. The van der Waals surface area contributed by atoms with Gasteiger partial charge in [0.25, 0.3) is 17.7 Å². The summed E-state index contributed by atoms with van der Waals surface area (Å²) in [5.41, 5.74) is -0.617. The van der Waals surface area contributed by atoms with E-state index in [4.69, 9.17) is 0 Å². The smallest absolute Gasteiger partial charge is 0.289 e. The molecule has 6 aliphatic rings. The Morgan fingerprint density at radius 2 is 0.750 bits per heavy atom. The summed E-state index contributed by atoms with van der Waals surface area (Å²) in [5, 5.41) is 9.52. The fraction of sp³-hybridized carbons (Fsp3) is 0.778. The lowest BCUT2D eigenvalue weighted by Crippen LogP contribution is -2.48. The maximum absolute atomic E-state index is 13.3. The molecule has 1 aromatic heterocycles. The zero-order chi connectivity index (χ0) is 24.5. The Balaban J connectivity index is 1.17. The van der Waals surface area contributed by atoms with Crippen LogP contribution < -0.4 is 16.0 Å². The minimum Gasteiger partial charge on any atom is -0.344 e. The summed E-state index contributed by atoms with van der Waals surface area (Å²) in [7, 11) is 0. The highest BCUT2D eigenvalue weighted by Gasteiger charge is 2.48. The highest BCUT2D eigenvalue weighted by molar-refractivity contribution is 5.98. The lowest BCUT2D eigenvalue weighted by molar-refractivity contribution is 0.0876. The molecule has 0 atom stereocenters. The molecule has 7 rings (SSSR count). The number of aromatic nitrogens is 3. The third kappa shape index (κ3) is 3.80. The zero-order valence-corrected chi connectivity index (χ0v) is 20.9. The van der Waals surface area contributed by atoms with Gasteiger partial charge in [-0.1, -0.05) is 0 Å². The van der Waals surface area contributed by atoms with Crippen LogP contribution in [0.25, 0.3) is 0 Å². The molecule has 0 saturated heterocycles. The molecule has 9 heteroatoms. The van der Waals surface area contributed by atoms with Gasteiger partial charge in [-0.3, -0.25) is 14.4 Å². The van der Waals surface area contributed by atoms with E-state index in [0.29, 0.717) is 17.8 Å². The summed E-state index contributed by atoms with van der Waals surface area (Å²) in [6.07, 6.45) is 15.5. The van der Waals surface area contributed by atoms with E-state index < -0.39 is 17.7 Å². The summed E-state index contributed by atoms with van der Waals surface area (Å²) in [4.78, 5) is 53.0. The number of hydrogen-bond acceptors (Lipinski definition) is 6. The van der Waals surface area contributed by atoms with Crippen LogP contribution in [0.2, 0.25) is 0 Å². The van der Waals surface area contributed by atoms with Gasteiger partial charge in [0.15, 0.2) is 0 Å². The average Bonchev–Trinajstić information content (AvgIpc) is 3.72. The van der Waals surface area contributed by atoms with Crippen LogP contribution >= 0.6 is 0 Å². The van der Waals surface area contributed by atoms with E-state index in [9.17, 15) is 14.4 Å². The van der Waals surface area contributed by atoms with Crippen molar-refractivity contribution in [2.75, 3.05) is 0 Å². The SMILES string of the molecule is O=C(NC12CCC(CC1)C2)c1nc(C(=O)NC23CCC(CC2)C3)nc(C(=O)NC23CCC(CC2)C3)n1. The fourth-order valence-corrected chi connectivity index (χ4v) is 8.67. The molecule has 1 heterocycles. The molecule has 0 aromatic carbocycles. The molecule has 6 fully saturated rings. The molecular weight excluding hydrogens is 456 g/mol. The van der Waals surface area contributed by atoms with Crippen molar-refractivity contribution < 1.29 is 14.4 Å². The lowest BCUT2D eigenvalue weighted by Gasteiger charge is -2.29. The van der Waals surface area contributed by atoms with Gasteiger partial charge < -0.3 is 16.0 Å². The van der Waals surface area contributed by atoms with E-state index >= 15 is 0 Å². The first-order chi connectivity index (χ1) is 17.3. The van der Waals surface area contributed by atoms with Crippen LogP contribution in [0.3, 0.4) is 0 Å². The van der Waals surface area contributed by atoms with Crippen molar-refractivity contribution in [3.8, 4) is 0 Å². The standard InChI is InChI=1S/C27H36N6O3/c34-22(31-25-7-1-16(13-25)2-8-25)19-28-20(23(35)32-26-9-3-17(14-26)4-10-26)30-21(29-19)24(36)33-27-11-5-18(15-27)6-12-27/h16-18H,1-15H2,(H,31,34)(H,32,35)(H,33,36). The zero-order valence-electron chi connectivity index (χ0n) is 20.9. The minimum atomic E-state index is -0.414. The first-order valence-electron chi connectivity index (χ1n) is 14.1. The molecule has 6 saturated carbocycles. The highest BCUT2D eigenvalue weighted by Crippen LogP contribution is 2.49. The Labute approximate surface area is 211 Å². The Morgan fingerprint density at radius 3 is 0.944 bits per heavy atom. The Hall–Kier alpha value is -2.58. The summed E-state index contributed by atoms with van der Waals surface area (Å²) in [6, 6.07) is 0. The molecule has 0 unspecified atom stereocenters. The van der Waals surface area contributed by atoms with E-state index in [-0.39, 0.29) is 34.1 Å². The predicted octanol–water partition coefficient (Wildman–Crippen LogP) is 3.06. The first-order valence-corrected chi connectivity index (χ1v) is 14.1. The number of carbonyl (C=O) groups is 3. The molecule has 3 N–H and O–H groups in total. The van der Waals surface area contributed by atoms with Crippen molar-refractivity contribution in [3.63, 3.8) is 0 Å². The maximum atomic E-state index is 13.3. The minimum absolute atomic E-state index is 0.133. The van der Waals surface area contributed by atoms with Crippen molar-refractivity contribution in [1.29, 1.82) is 0 Å². The van der Waals surface area contributed by atoms with Crippen molar-refractivity contribution >= 4 is 17.7 Å². The Morgan fingerprint density at radius 1 is 0.500 bits per heavy atom. The average molecular weight is 493 g/mol.